The van der Waals surface area contributed by atoms with Crippen molar-refractivity contribution in [2.24, 2.45) is 0 Å². The van der Waals surface area contributed by atoms with E-state index in [4.69, 9.17) is 0 Å². The van der Waals surface area contributed by atoms with E-state index in [1.54, 1.807) is 0 Å². The van der Waals surface area contributed by atoms with Gasteiger partial charge in [0.25, 0.3) is 0 Å². The van der Waals surface area contributed by atoms with Crippen LogP contribution in [0.25, 0.3) is 6.08 Å². The van der Waals surface area contributed by atoms with Gasteiger partial charge in [-0.3, -0.25) is 0 Å². The van der Waals surface area contributed by atoms with Gasteiger partial charge in [0.2, 0.25) is 0 Å². The third-order valence-electron chi connectivity index (χ3n) is 3.54. The Morgan fingerprint density at radius 2 is 1.47 bits per heavy atom. The molecular weight excluding hydrogens is 241 g/mol. The molecule has 15 heavy (non-hydrogen) atoms. The molecule has 0 aliphatic rings. The van der Waals surface area contributed by atoms with Crippen molar-refractivity contribution in [1.82, 2.24) is 0 Å². The molecule has 0 saturated heterocycles. The molecule has 0 aliphatic carbocycles. The molecule has 0 unspecified atom stereocenters. The average Bonchev–Trinajstić information content (AvgIpc) is 2.33. The molecule has 0 fully saturated rings. The summed E-state index contributed by atoms with van der Waals surface area (Å²) in [5.41, 5.74) is 1.35. The standard InChI is InChI=1S/C14H22Ge/c1-4-15(5-2,6-3)13-12-14-10-8-7-9-11-14/h7-13H,4-6H2,1-3H3/b13-12+. The van der Waals surface area contributed by atoms with E-state index in [0.717, 1.165) is 0 Å². The monoisotopic (exact) mass is 264 g/mol. The van der Waals surface area contributed by atoms with E-state index in [9.17, 15) is 0 Å². The molecule has 1 aromatic carbocycles. The second-order valence-electron chi connectivity index (χ2n) is 4.17. The average molecular weight is 263 g/mol. The van der Waals surface area contributed by atoms with Gasteiger partial charge in [-0.05, 0) is 0 Å². The van der Waals surface area contributed by atoms with E-state index in [0.29, 0.717) is 0 Å². The van der Waals surface area contributed by atoms with Crippen molar-refractivity contribution in [2.75, 3.05) is 0 Å². The summed E-state index contributed by atoms with van der Waals surface area (Å²) in [5.74, 6) is 0. The third kappa shape index (κ3) is 3.53. The molecule has 0 heterocycles. The van der Waals surface area contributed by atoms with Gasteiger partial charge in [-0.15, -0.1) is 0 Å². The van der Waals surface area contributed by atoms with Crippen LogP contribution in [0, 0.1) is 0 Å². The molecule has 0 aromatic heterocycles. The normalized spacial score (nSPS) is 12.2. The van der Waals surface area contributed by atoms with Gasteiger partial charge in [0.1, 0.15) is 0 Å². The van der Waals surface area contributed by atoms with Crippen molar-refractivity contribution < 1.29 is 0 Å². The second-order valence-corrected chi connectivity index (χ2v) is 15.0. The summed E-state index contributed by atoms with van der Waals surface area (Å²) in [6.07, 6.45) is 2.34. The first-order valence-corrected chi connectivity index (χ1v) is 11.7. The topological polar surface area (TPSA) is 0 Å². The van der Waals surface area contributed by atoms with Gasteiger partial charge in [0.05, 0.1) is 0 Å². The Balaban J connectivity index is 2.79. The van der Waals surface area contributed by atoms with E-state index < -0.39 is 13.3 Å². The molecule has 1 aromatic rings. The summed E-state index contributed by atoms with van der Waals surface area (Å²) in [6, 6.07) is 10.7. The minimum absolute atomic E-state index is 1.35. The van der Waals surface area contributed by atoms with Crippen molar-refractivity contribution in [2.45, 2.75) is 36.5 Å². The number of rotatable bonds is 5. The van der Waals surface area contributed by atoms with Gasteiger partial charge in [0.15, 0.2) is 0 Å². The molecule has 0 spiro atoms. The molecular formula is C14H22Ge. The molecule has 0 bridgehead atoms. The summed E-state index contributed by atoms with van der Waals surface area (Å²) < 4.78 is 0. The quantitative estimate of drug-likeness (QED) is 0.672. The maximum absolute atomic E-state index is 2.58. The van der Waals surface area contributed by atoms with E-state index >= 15 is 0 Å². The van der Waals surface area contributed by atoms with Crippen molar-refractivity contribution in [3.8, 4) is 0 Å². The molecule has 0 atom stereocenters. The fraction of sp³-hybridized carbons (Fsp3) is 0.429. The van der Waals surface area contributed by atoms with Gasteiger partial charge in [-0.1, -0.05) is 0 Å². The van der Waals surface area contributed by atoms with Gasteiger partial charge in [-0.2, -0.15) is 0 Å². The first-order chi connectivity index (χ1) is 7.26. The summed E-state index contributed by atoms with van der Waals surface area (Å²) >= 11 is -1.60. The van der Waals surface area contributed by atoms with Gasteiger partial charge >= 0.3 is 96.7 Å². The van der Waals surface area contributed by atoms with Crippen LogP contribution >= 0.6 is 0 Å². The van der Waals surface area contributed by atoms with Gasteiger partial charge in [-0.25, -0.2) is 0 Å². The number of benzene rings is 1. The Hall–Kier alpha value is -0.497. The summed E-state index contributed by atoms with van der Waals surface area (Å²) in [6.45, 7) is 7.09. The van der Waals surface area contributed by atoms with Crippen LogP contribution in [0.2, 0.25) is 15.8 Å². The second kappa shape index (κ2) is 6.17. The fourth-order valence-corrected chi connectivity index (χ4v) is 7.72. The summed E-state index contributed by atoms with van der Waals surface area (Å²) in [5, 5.41) is 4.24. The van der Waals surface area contributed by atoms with Crippen LogP contribution in [0.5, 0.6) is 0 Å². The molecule has 0 amide bonds. The fourth-order valence-electron chi connectivity index (χ4n) is 1.94. The van der Waals surface area contributed by atoms with Crippen LogP contribution in [0.3, 0.4) is 0 Å². The van der Waals surface area contributed by atoms with E-state index in [1.165, 1.54) is 21.3 Å². The molecule has 0 saturated carbocycles. The zero-order chi connectivity index (χ0) is 11.1. The van der Waals surface area contributed by atoms with Crippen LogP contribution in [-0.4, -0.2) is 13.3 Å². The number of hydrogen-bond acceptors (Lipinski definition) is 0. The van der Waals surface area contributed by atoms with Crippen LogP contribution in [0.15, 0.2) is 35.2 Å². The molecule has 1 heteroatoms. The van der Waals surface area contributed by atoms with Gasteiger partial charge in [0, 0.05) is 0 Å². The first kappa shape index (κ1) is 12.6. The first-order valence-electron chi connectivity index (χ1n) is 6.00. The Kier molecular flexibility index (Phi) is 5.17. The van der Waals surface area contributed by atoms with Crippen molar-refractivity contribution in [3.05, 3.63) is 40.8 Å². The van der Waals surface area contributed by atoms with Crippen LogP contribution in [-0.2, 0) is 0 Å². The molecule has 0 N–H and O–H groups in total. The zero-order valence-electron chi connectivity index (χ0n) is 10.2. The number of hydrogen-bond donors (Lipinski definition) is 0. The molecule has 0 aliphatic heterocycles. The van der Waals surface area contributed by atoms with Crippen molar-refractivity contribution in [3.63, 3.8) is 0 Å². The van der Waals surface area contributed by atoms with E-state index in [1.807, 2.05) is 0 Å². The molecule has 0 nitrogen and oxygen atoms in total. The van der Waals surface area contributed by atoms with Gasteiger partial charge < -0.3 is 0 Å². The van der Waals surface area contributed by atoms with E-state index in [2.05, 4.69) is 62.1 Å². The summed E-state index contributed by atoms with van der Waals surface area (Å²) in [7, 11) is 0. The molecule has 82 valence electrons. The third-order valence-corrected chi connectivity index (χ3v) is 14.2. The van der Waals surface area contributed by atoms with Crippen LogP contribution in [0.4, 0.5) is 0 Å². The summed E-state index contributed by atoms with van der Waals surface area (Å²) in [4.78, 5) is 2.58. The Bertz CT molecular complexity index is 288. The zero-order valence-corrected chi connectivity index (χ0v) is 12.3. The van der Waals surface area contributed by atoms with Crippen molar-refractivity contribution in [1.29, 1.82) is 0 Å². The minimum atomic E-state index is -1.60. The predicted octanol–water partition coefficient (Wildman–Crippen LogP) is 4.75. The molecule has 0 radical (unpaired) electrons. The van der Waals surface area contributed by atoms with Crippen LogP contribution in [0.1, 0.15) is 26.3 Å². The Morgan fingerprint density at radius 1 is 0.933 bits per heavy atom. The maximum atomic E-state index is 2.58. The Morgan fingerprint density at radius 3 is 1.93 bits per heavy atom. The predicted molar refractivity (Wildman–Crippen MR) is 72.7 cm³/mol. The van der Waals surface area contributed by atoms with E-state index in [-0.39, 0.29) is 0 Å². The molecule has 1 rings (SSSR count). The van der Waals surface area contributed by atoms with Crippen LogP contribution < -0.4 is 0 Å². The van der Waals surface area contributed by atoms with Crippen molar-refractivity contribution >= 4 is 19.3 Å². The Labute approximate surface area is 96.8 Å². The SMILES string of the molecule is C[CH2][Ge](/[CH]=C/c1ccccc1)([CH2]C)[CH2]C.